The van der Waals surface area contributed by atoms with Gasteiger partial charge in [0, 0.05) is 43.5 Å². The number of esters is 2. The average Bonchev–Trinajstić information content (AvgIpc) is 3.91. The normalized spacial score (nSPS) is 47.7. The molecule has 19 nitrogen and oxygen atoms in total. The standard InChI is InChI=1S/C53H74O19/c1-10-25(2)46(60)68-43-44-50(6)19-17-31(22-30(50)16-20-52(44)53(72-52)21-18-32(26(3)55)51(53,7)45(43)71-47(61)29-14-12-11-13-15-29)66-35-23-33(62-8)40(27(4)64-35)69-49-39(59)42(63-9)41(28(5)65-49)70-48-38(58)37(57)36(56)34(24-54)67-48/h10-16,27-28,31-45,48-49,54,56-59H,17-24H2,1-9H3/b25-10+/t27?,28?,31-,32+,33+,34?,35-,36?,37-,38?,39?,40?,41?,42+,43-,44+,45+,48-,49-,50-,51-,52-,53+/m0/s1. The molecule has 8 aliphatic rings. The van der Waals surface area contributed by atoms with Crippen molar-refractivity contribution in [3.8, 4) is 0 Å². The minimum atomic E-state index is -1.67. The van der Waals surface area contributed by atoms with Crippen LogP contribution < -0.4 is 0 Å². The zero-order chi connectivity index (χ0) is 51.8. The first-order valence-corrected chi connectivity index (χ1v) is 25.6. The lowest BCUT2D eigenvalue weighted by Gasteiger charge is -2.59. The van der Waals surface area contributed by atoms with Crippen LogP contribution in [0, 0.1) is 22.7 Å². The highest BCUT2D eigenvalue weighted by atomic mass is 16.8. The Bertz CT molecular complexity index is 2220. The Morgan fingerprint density at radius 3 is 2.15 bits per heavy atom. The van der Waals surface area contributed by atoms with Gasteiger partial charge in [0.05, 0.1) is 36.6 Å². The van der Waals surface area contributed by atoms with Crippen molar-refractivity contribution < 1.29 is 92.0 Å². The summed E-state index contributed by atoms with van der Waals surface area (Å²) in [5, 5.41) is 52.5. The number of carbonyl (C=O) groups is 3. The number of epoxide rings is 1. The first kappa shape index (κ1) is 53.6. The predicted octanol–water partition coefficient (Wildman–Crippen LogP) is 2.98. The lowest BCUT2D eigenvalue weighted by atomic mass is 9.45. The summed E-state index contributed by atoms with van der Waals surface area (Å²) in [6.45, 7) is 12.1. The van der Waals surface area contributed by atoms with E-state index in [0.29, 0.717) is 49.7 Å². The summed E-state index contributed by atoms with van der Waals surface area (Å²) in [5.41, 5.74) is -1.28. The smallest absolute Gasteiger partial charge is 0.338 e. The van der Waals surface area contributed by atoms with E-state index in [0.717, 1.165) is 5.57 Å². The number of fused-ring (bicyclic) bond motifs is 2. The SMILES string of the molecule is C/C=C(\C)C(=O)O[C@@H]1[C@@H](OC(=O)c2ccccc2)[C@]2(C)[C@@H](C(C)=O)CC[C@@]23O[C@]32CC=C3C[C@@H](O[C@H]4C[C@@H](OC)C(O[C@@H]5OC(C)C(O[C@@H]6OC(CO)C(O)[C@H](O)C6O)[C@H](OC)C5O)C(C)O4)CC[C@]3(C)[C@@H]12. The second-order valence-electron chi connectivity index (χ2n) is 21.7. The Labute approximate surface area is 420 Å². The monoisotopic (exact) mass is 1010 g/mol. The second-order valence-corrected chi connectivity index (χ2v) is 21.7. The van der Waals surface area contributed by atoms with Crippen LogP contribution in [-0.2, 0) is 61.7 Å². The van der Waals surface area contributed by atoms with Crippen LogP contribution in [-0.4, -0.2) is 180 Å². The van der Waals surface area contributed by atoms with E-state index in [2.05, 4.69) is 13.0 Å². The number of methoxy groups -OCH3 is 2. The van der Waals surface area contributed by atoms with Gasteiger partial charge in [0.1, 0.15) is 78.0 Å². The van der Waals surface area contributed by atoms with Crippen LogP contribution in [0.25, 0.3) is 0 Å². The number of ketones is 1. The van der Waals surface area contributed by atoms with Gasteiger partial charge < -0.3 is 77.6 Å². The quantitative estimate of drug-likeness (QED) is 0.0777. The van der Waals surface area contributed by atoms with Gasteiger partial charge in [-0.25, -0.2) is 9.59 Å². The molecule has 2 spiro atoms. The van der Waals surface area contributed by atoms with Crippen LogP contribution in [0.15, 0.2) is 53.6 Å². The Kier molecular flexibility index (Phi) is 15.2. The number of aliphatic hydroxyl groups excluding tert-OH is 5. The molecular formula is C53H74O19. The van der Waals surface area contributed by atoms with Crippen molar-refractivity contribution in [3.05, 3.63) is 59.2 Å². The number of benzene rings is 1. The van der Waals surface area contributed by atoms with E-state index in [1.165, 1.54) is 7.11 Å². The molecule has 1 aromatic carbocycles. The Balaban J connectivity index is 0.906. The van der Waals surface area contributed by atoms with Crippen molar-refractivity contribution in [2.75, 3.05) is 20.8 Å². The maximum Gasteiger partial charge on any atom is 0.338 e. The van der Waals surface area contributed by atoms with Crippen molar-refractivity contribution in [1.82, 2.24) is 0 Å². The molecule has 19 heteroatoms. The molecule has 5 N–H and O–H groups in total. The van der Waals surface area contributed by atoms with Gasteiger partial charge >= 0.3 is 11.9 Å². The molecule has 9 rings (SSSR count). The van der Waals surface area contributed by atoms with Crippen molar-refractivity contribution in [2.45, 2.75) is 209 Å². The highest BCUT2D eigenvalue weighted by molar-refractivity contribution is 5.90. The van der Waals surface area contributed by atoms with Crippen molar-refractivity contribution in [2.24, 2.45) is 22.7 Å². The molecule has 0 aromatic heterocycles. The number of Topliss-reactive ketones (excluding diaryl/α,β-unsaturated/α-hetero) is 1. The van der Waals surface area contributed by atoms with Gasteiger partial charge in [-0.15, -0.1) is 0 Å². The molecule has 8 unspecified atom stereocenters. The molecule has 1 aromatic rings. The van der Waals surface area contributed by atoms with Gasteiger partial charge in [-0.3, -0.25) is 4.79 Å². The third-order valence-electron chi connectivity index (χ3n) is 18.1. The van der Waals surface area contributed by atoms with Crippen LogP contribution in [0.2, 0.25) is 0 Å². The number of allylic oxidation sites excluding steroid dienone is 1. The lowest BCUT2D eigenvalue weighted by molar-refractivity contribution is -0.371. The van der Waals surface area contributed by atoms with Gasteiger partial charge in [-0.2, -0.15) is 0 Å². The molecule has 23 atom stereocenters. The van der Waals surface area contributed by atoms with Gasteiger partial charge in [-0.05, 0) is 90.7 Å². The predicted molar refractivity (Wildman–Crippen MR) is 250 cm³/mol. The van der Waals surface area contributed by atoms with E-state index in [1.807, 2.05) is 19.9 Å². The Morgan fingerprint density at radius 1 is 0.792 bits per heavy atom. The largest absolute Gasteiger partial charge is 0.455 e. The fraction of sp³-hybridized carbons (Fsp3) is 0.755. The van der Waals surface area contributed by atoms with Crippen molar-refractivity contribution in [1.29, 1.82) is 0 Å². The third-order valence-corrected chi connectivity index (χ3v) is 18.1. The Hall–Kier alpha value is -3.25. The zero-order valence-electron chi connectivity index (χ0n) is 42.6. The molecule has 4 heterocycles. The summed E-state index contributed by atoms with van der Waals surface area (Å²) in [6.07, 6.45) is -10.3. The summed E-state index contributed by atoms with van der Waals surface area (Å²) in [4.78, 5) is 41.8. The molecule has 400 valence electrons. The zero-order valence-corrected chi connectivity index (χ0v) is 42.6. The van der Waals surface area contributed by atoms with Crippen LogP contribution in [0.5, 0.6) is 0 Å². The number of carbonyl (C=O) groups excluding carboxylic acids is 3. The van der Waals surface area contributed by atoms with E-state index < -0.39 is 151 Å². The van der Waals surface area contributed by atoms with E-state index in [1.54, 1.807) is 65.1 Å². The first-order chi connectivity index (χ1) is 34.2. The number of ether oxygens (including phenoxy) is 11. The topological polar surface area (TPSA) is 257 Å². The van der Waals surface area contributed by atoms with Gasteiger partial charge in [0.2, 0.25) is 0 Å². The molecule has 4 saturated heterocycles. The molecule has 0 bridgehead atoms. The van der Waals surface area contributed by atoms with Gasteiger partial charge in [-0.1, -0.05) is 49.8 Å². The fourth-order valence-electron chi connectivity index (χ4n) is 14.1. The maximum atomic E-state index is 14.2. The number of rotatable bonds is 14. The maximum absolute atomic E-state index is 14.2. The van der Waals surface area contributed by atoms with Crippen molar-refractivity contribution in [3.63, 3.8) is 0 Å². The molecular weight excluding hydrogens is 941 g/mol. The van der Waals surface area contributed by atoms with Gasteiger partial charge in [0.25, 0.3) is 0 Å². The van der Waals surface area contributed by atoms with Crippen molar-refractivity contribution >= 4 is 17.7 Å². The second kappa shape index (κ2) is 20.4. The minimum Gasteiger partial charge on any atom is -0.455 e. The first-order valence-electron chi connectivity index (χ1n) is 25.6. The van der Waals surface area contributed by atoms with E-state index >= 15 is 0 Å². The van der Waals surface area contributed by atoms with Gasteiger partial charge in [0.15, 0.2) is 18.9 Å². The average molecular weight is 1020 g/mol. The van der Waals surface area contributed by atoms with Crippen LogP contribution in [0.4, 0.5) is 0 Å². The number of hydrogen-bond donors (Lipinski definition) is 5. The third kappa shape index (κ3) is 8.64. The highest BCUT2D eigenvalue weighted by Gasteiger charge is 2.91. The summed E-state index contributed by atoms with van der Waals surface area (Å²) >= 11 is 0. The fourth-order valence-corrected chi connectivity index (χ4v) is 14.1. The van der Waals surface area contributed by atoms with E-state index in [9.17, 15) is 39.9 Å². The molecule has 3 saturated carbocycles. The molecule has 0 radical (unpaired) electrons. The minimum absolute atomic E-state index is 0.0248. The lowest BCUT2D eigenvalue weighted by Crippen LogP contribution is -2.69. The highest BCUT2D eigenvalue weighted by Crippen LogP contribution is 2.81. The van der Waals surface area contributed by atoms with E-state index in [4.69, 9.17) is 52.1 Å². The molecule has 4 aliphatic carbocycles. The molecule has 0 amide bonds. The van der Waals surface area contributed by atoms with Crippen LogP contribution in [0.1, 0.15) is 104 Å². The number of aliphatic hydroxyl groups is 5. The summed E-state index contributed by atoms with van der Waals surface area (Å²) in [7, 11) is 2.93. The summed E-state index contributed by atoms with van der Waals surface area (Å²) < 4.78 is 69.5. The summed E-state index contributed by atoms with van der Waals surface area (Å²) in [6, 6.07) is 8.71. The molecule has 7 fully saturated rings. The van der Waals surface area contributed by atoms with Crippen LogP contribution >= 0.6 is 0 Å². The Morgan fingerprint density at radius 2 is 1.49 bits per heavy atom. The number of hydrogen-bond acceptors (Lipinski definition) is 19. The molecule has 4 aliphatic heterocycles. The van der Waals surface area contributed by atoms with Crippen LogP contribution in [0.3, 0.4) is 0 Å². The molecule has 72 heavy (non-hydrogen) atoms. The summed E-state index contributed by atoms with van der Waals surface area (Å²) in [5.74, 6) is -2.04. The van der Waals surface area contributed by atoms with E-state index in [-0.39, 0.29) is 18.3 Å².